The molecule has 0 bridgehead atoms. The van der Waals surface area contributed by atoms with E-state index in [1.807, 2.05) is 6.26 Å². The van der Waals surface area contributed by atoms with Gasteiger partial charge < -0.3 is 14.4 Å². The number of anilines is 1. The molecule has 0 radical (unpaired) electrons. The van der Waals surface area contributed by atoms with Crippen LogP contribution in [0.15, 0.2) is 40.1 Å². The number of sulfonamides is 1. The number of benzene rings is 2. The van der Waals surface area contributed by atoms with Crippen molar-refractivity contribution in [2.24, 2.45) is 0 Å². The van der Waals surface area contributed by atoms with Crippen LogP contribution in [0.5, 0.6) is 11.5 Å². The lowest BCUT2D eigenvalue weighted by atomic mass is 10.2. The molecule has 1 fully saturated rings. The smallest absolute Gasteiger partial charge is 0.262 e. The highest BCUT2D eigenvalue weighted by Gasteiger charge is 2.25. The monoisotopic (exact) mass is 470 g/mol. The molecule has 1 aliphatic heterocycles. The second-order valence-corrected chi connectivity index (χ2v) is 9.59. The number of hydrogen-bond acceptors (Lipinski definition) is 6. The number of hydrogen-bond donors (Lipinski definition) is 1. The summed E-state index contributed by atoms with van der Waals surface area (Å²) in [5.74, 6) is 0.399. The number of nitrogens with zero attached hydrogens (tertiary/aromatic N) is 1. The Kier molecular flexibility index (Phi) is 7.05. The van der Waals surface area contributed by atoms with Gasteiger partial charge in [0.25, 0.3) is 15.9 Å². The number of carbonyl (C=O) groups excluding carboxylic acids is 1. The van der Waals surface area contributed by atoms with Gasteiger partial charge in [-0.25, -0.2) is 8.42 Å². The van der Waals surface area contributed by atoms with Crippen molar-refractivity contribution in [2.75, 3.05) is 38.3 Å². The minimum atomic E-state index is -4.00. The first-order chi connectivity index (χ1) is 14.3. The fourth-order valence-electron chi connectivity index (χ4n) is 3.26. The van der Waals surface area contributed by atoms with Crippen molar-refractivity contribution in [3.63, 3.8) is 0 Å². The molecular formula is C20H23ClN2O5S2. The van der Waals surface area contributed by atoms with E-state index in [0.29, 0.717) is 29.4 Å². The summed E-state index contributed by atoms with van der Waals surface area (Å²) in [6.45, 7) is 1.37. The second kappa shape index (κ2) is 9.36. The van der Waals surface area contributed by atoms with Crippen LogP contribution in [0.4, 0.5) is 5.69 Å². The standard InChI is InChI=1S/C20H23ClN2O5S2/c1-27-17-12-16(18(28-2)11-15(17)21)22-30(25,26)13-6-7-19(29-3)14(10-13)20(24)23-8-4-5-9-23/h6-7,10-12,22H,4-5,8-9H2,1-3H3. The van der Waals surface area contributed by atoms with Gasteiger partial charge in [-0.15, -0.1) is 11.8 Å². The average molecular weight is 471 g/mol. The summed E-state index contributed by atoms with van der Waals surface area (Å²) in [6.07, 6.45) is 3.77. The first kappa shape index (κ1) is 22.6. The van der Waals surface area contributed by atoms with Crippen LogP contribution in [0.1, 0.15) is 23.2 Å². The molecule has 1 aliphatic rings. The molecule has 0 aromatic heterocycles. The molecule has 0 unspecified atom stereocenters. The van der Waals surface area contributed by atoms with Crippen LogP contribution >= 0.6 is 23.4 Å². The molecule has 2 aromatic carbocycles. The van der Waals surface area contributed by atoms with Crippen molar-refractivity contribution in [1.82, 2.24) is 4.90 Å². The molecule has 1 heterocycles. The Bertz CT molecular complexity index is 1050. The predicted octanol–water partition coefficient (Wildman–Crippen LogP) is 4.12. The number of rotatable bonds is 7. The Hall–Kier alpha value is -2.10. The van der Waals surface area contributed by atoms with E-state index < -0.39 is 10.0 Å². The maximum Gasteiger partial charge on any atom is 0.262 e. The number of amides is 1. The Balaban J connectivity index is 1.99. The van der Waals surface area contributed by atoms with E-state index in [1.165, 1.54) is 50.2 Å². The lowest BCUT2D eigenvalue weighted by Gasteiger charge is -2.18. The predicted molar refractivity (Wildman–Crippen MR) is 119 cm³/mol. The van der Waals surface area contributed by atoms with Crippen molar-refractivity contribution < 1.29 is 22.7 Å². The molecule has 3 rings (SSSR count). The quantitative estimate of drug-likeness (QED) is 0.613. The van der Waals surface area contributed by atoms with Gasteiger partial charge in [0, 0.05) is 30.1 Å². The number of methoxy groups -OCH3 is 2. The molecule has 0 saturated carbocycles. The molecule has 1 amide bonds. The number of thioether (sulfide) groups is 1. The van der Waals surface area contributed by atoms with Crippen LogP contribution in [-0.4, -0.2) is 52.8 Å². The maximum absolute atomic E-state index is 13.1. The summed E-state index contributed by atoms with van der Waals surface area (Å²) >= 11 is 7.50. The number of ether oxygens (including phenoxy) is 2. The van der Waals surface area contributed by atoms with Crippen molar-refractivity contribution in [3.8, 4) is 11.5 Å². The lowest BCUT2D eigenvalue weighted by Crippen LogP contribution is -2.28. The van der Waals surface area contributed by atoms with Gasteiger partial charge in [0.2, 0.25) is 0 Å². The normalized spacial score (nSPS) is 13.9. The second-order valence-electron chi connectivity index (χ2n) is 6.65. The van der Waals surface area contributed by atoms with E-state index in [9.17, 15) is 13.2 Å². The van der Waals surface area contributed by atoms with Crippen molar-refractivity contribution >= 4 is 45.0 Å². The van der Waals surface area contributed by atoms with Gasteiger partial charge in [-0.1, -0.05) is 11.6 Å². The molecule has 162 valence electrons. The van der Waals surface area contributed by atoms with E-state index in [4.69, 9.17) is 21.1 Å². The largest absolute Gasteiger partial charge is 0.495 e. The Morgan fingerprint density at radius 1 is 1.10 bits per heavy atom. The third-order valence-corrected chi connectivity index (χ3v) is 7.28. The fourth-order valence-corrected chi connectivity index (χ4v) is 5.14. The van der Waals surface area contributed by atoms with E-state index in [0.717, 1.165) is 17.7 Å². The molecule has 30 heavy (non-hydrogen) atoms. The summed E-state index contributed by atoms with van der Waals surface area (Å²) in [6, 6.07) is 7.48. The molecule has 0 spiro atoms. The zero-order valence-corrected chi connectivity index (χ0v) is 19.3. The van der Waals surface area contributed by atoms with Crippen LogP contribution in [0.3, 0.4) is 0 Å². The number of carbonyl (C=O) groups is 1. The highest BCUT2D eigenvalue weighted by Crippen LogP contribution is 2.37. The minimum absolute atomic E-state index is 0.0150. The van der Waals surface area contributed by atoms with E-state index in [-0.39, 0.29) is 22.2 Å². The highest BCUT2D eigenvalue weighted by molar-refractivity contribution is 7.98. The SMILES string of the molecule is COc1cc(NS(=O)(=O)c2ccc(SC)c(C(=O)N3CCCC3)c2)c(OC)cc1Cl. The van der Waals surface area contributed by atoms with Crippen LogP contribution in [0, 0.1) is 0 Å². The third-order valence-electron chi connectivity index (χ3n) is 4.82. The molecule has 0 aliphatic carbocycles. The molecule has 2 aromatic rings. The van der Waals surface area contributed by atoms with Gasteiger partial charge in [-0.3, -0.25) is 9.52 Å². The van der Waals surface area contributed by atoms with Gasteiger partial charge >= 0.3 is 0 Å². The van der Waals surface area contributed by atoms with Crippen molar-refractivity contribution in [3.05, 3.63) is 40.9 Å². The maximum atomic E-state index is 13.1. The number of likely N-dealkylation sites (tertiary alicyclic amines) is 1. The first-order valence-corrected chi connectivity index (χ1v) is 12.3. The minimum Gasteiger partial charge on any atom is -0.495 e. The number of nitrogens with one attached hydrogen (secondary N) is 1. The van der Waals surface area contributed by atoms with Gasteiger partial charge in [0.05, 0.1) is 35.4 Å². The van der Waals surface area contributed by atoms with Crippen LogP contribution in [0.2, 0.25) is 5.02 Å². The molecule has 1 saturated heterocycles. The zero-order valence-electron chi connectivity index (χ0n) is 16.9. The molecule has 0 atom stereocenters. The Morgan fingerprint density at radius 2 is 1.77 bits per heavy atom. The summed E-state index contributed by atoms with van der Waals surface area (Å²) in [5.41, 5.74) is 0.563. The Morgan fingerprint density at radius 3 is 2.37 bits per heavy atom. The topological polar surface area (TPSA) is 84.9 Å². The van der Waals surface area contributed by atoms with Gasteiger partial charge in [0.1, 0.15) is 11.5 Å². The summed E-state index contributed by atoms with van der Waals surface area (Å²) in [5, 5.41) is 0.292. The van der Waals surface area contributed by atoms with E-state index in [1.54, 1.807) is 11.0 Å². The van der Waals surface area contributed by atoms with Gasteiger partial charge in [-0.2, -0.15) is 0 Å². The fraction of sp³-hybridized carbons (Fsp3) is 0.350. The highest BCUT2D eigenvalue weighted by atomic mass is 35.5. The first-order valence-electron chi connectivity index (χ1n) is 9.22. The molecule has 1 N–H and O–H groups in total. The summed E-state index contributed by atoms with van der Waals surface area (Å²) in [4.78, 5) is 15.4. The van der Waals surface area contributed by atoms with Gasteiger partial charge in [-0.05, 0) is 37.3 Å². The van der Waals surface area contributed by atoms with Gasteiger partial charge in [0.15, 0.2) is 0 Å². The molecule has 10 heteroatoms. The molecular weight excluding hydrogens is 448 g/mol. The van der Waals surface area contributed by atoms with Crippen LogP contribution in [-0.2, 0) is 10.0 Å². The van der Waals surface area contributed by atoms with Crippen LogP contribution < -0.4 is 14.2 Å². The van der Waals surface area contributed by atoms with Crippen LogP contribution in [0.25, 0.3) is 0 Å². The van der Waals surface area contributed by atoms with E-state index >= 15 is 0 Å². The zero-order chi connectivity index (χ0) is 21.9. The number of halogens is 1. The van der Waals surface area contributed by atoms with Crippen molar-refractivity contribution in [2.45, 2.75) is 22.6 Å². The lowest BCUT2D eigenvalue weighted by molar-refractivity contribution is 0.0789. The summed E-state index contributed by atoms with van der Waals surface area (Å²) in [7, 11) is -1.15. The average Bonchev–Trinajstić information content (AvgIpc) is 3.28. The van der Waals surface area contributed by atoms with E-state index in [2.05, 4.69) is 4.72 Å². The van der Waals surface area contributed by atoms with Crippen molar-refractivity contribution in [1.29, 1.82) is 0 Å². The summed E-state index contributed by atoms with van der Waals surface area (Å²) < 4.78 is 39.1. The Labute approximate surface area is 185 Å². The third kappa shape index (κ3) is 4.63. The molecule has 7 nitrogen and oxygen atoms in total.